The molecular formula is C19H14F3NO4. The Hall–Kier alpha value is -3.16. The van der Waals surface area contributed by atoms with Crippen molar-refractivity contribution in [3.63, 3.8) is 0 Å². The molecule has 0 aliphatic carbocycles. The second kappa shape index (κ2) is 6.86. The fraction of sp³-hybridized carbons (Fsp3) is 0.211. The number of carbonyl (C=O) groups is 3. The average Bonchev–Trinajstić information content (AvgIpc) is 2.86. The van der Waals surface area contributed by atoms with Gasteiger partial charge in [0.15, 0.2) is 0 Å². The zero-order valence-electron chi connectivity index (χ0n) is 14.1. The number of hydrogen-bond donors (Lipinski definition) is 0. The van der Waals surface area contributed by atoms with E-state index in [4.69, 9.17) is 4.74 Å². The summed E-state index contributed by atoms with van der Waals surface area (Å²) in [5.41, 5.74) is -0.775. The lowest BCUT2D eigenvalue weighted by atomic mass is 10.0. The molecule has 1 heterocycles. The SMILES string of the molecule is C[C@@H](OC(=O)CN1C(=O)c2ccccc2C1=O)c1ccccc1C(F)(F)F. The largest absolute Gasteiger partial charge is 0.456 e. The van der Waals surface area contributed by atoms with Gasteiger partial charge in [-0.1, -0.05) is 30.3 Å². The van der Waals surface area contributed by atoms with Gasteiger partial charge in [0, 0.05) is 5.56 Å². The van der Waals surface area contributed by atoms with Gasteiger partial charge in [-0.05, 0) is 25.1 Å². The minimum atomic E-state index is -4.60. The van der Waals surface area contributed by atoms with E-state index in [2.05, 4.69) is 0 Å². The number of alkyl halides is 3. The van der Waals surface area contributed by atoms with E-state index < -0.39 is 42.2 Å². The van der Waals surface area contributed by atoms with E-state index in [1.807, 2.05) is 0 Å². The minimum Gasteiger partial charge on any atom is -0.456 e. The fourth-order valence-electron chi connectivity index (χ4n) is 2.92. The van der Waals surface area contributed by atoms with Gasteiger partial charge in [0.05, 0.1) is 16.7 Å². The van der Waals surface area contributed by atoms with Gasteiger partial charge in [0.25, 0.3) is 11.8 Å². The van der Waals surface area contributed by atoms with E-state index in [0.29, 0.717) is 0 Å². The van der Waals surface area contributed by atoms with Gasteiger partial charge in [0.2, 0.25) is 0 Å². The van der Waals surface area contributed by atoms with Crippen LogP contribution in [0.5, 0.6) is 0 Å². The van der Waals surface area contributed by atoms with Crippen LogP contribution in [-0.2, 0) is 15.7 Å². The van der Waals surface area contributed by atoms with Gasteiger partial charge in [-0.25, -0.2) is 0 Å². The molecule has 5 nitrogen and oxygen atoms in total. The Balaban J connectivity index is 1.73. The summed E-state index contributed by atoms with van der Waals surface area (Å²) in [5, 5.41) is 0. The van der Waals surface area contributed by atoms with Crippen LogP contribution in [0.2, 0.25) is 0 Å². The summed E-state index contributed by atoms with van der Waals surface area (Å²) in [6.45, 7) is 0.621. The van der Waals surface area contributed by atoms with Crippen LogP contribution in [0, 0.1) is 0 Å². The van der Waals surface area contributed by atoms with E-state index in [-0.39, 0.29) is 16.7 Å². The molecule has 1 atom stereocenters. The van der Waals surface area contributed by atoms with Crippen molar-refractivity contribution in [3.05, 3.63) is 70.8 Å². The Labute approximate surface area is 152 Å². The molecule has 1 aliphatic heterocycles. The molecular weight excluding hydrogens is 363 g/mol. The van der Waals surface area contributed by atoms with Gasteiger partial charge in [-0.3, -0.25) is 19.3 Å². The zero-order valence-corrected chi connectivity index (χ0v) is 14.1. The van der Waals surface area contributed by atoms with E-state index in [1.165, 1.54) is 37.3 Å². The number of esters is 1. The number of amides is 2. The van der Waals surface area contributed by atoms with Crippen molar-refractivity contribution in [1.82, 2.24) is 4.90 Å². The highest BCUT2D eigenvalue weighted by Gasteiger charge is 2.38. The Morgan fingerprint density at radius 3 is 2.07 bits per heavy atom. The topological polar surface area (TPSA) is 63.7 Å². The molecule has 2 amide bonds. The van der Waals surface area contributed by atoms with Crippen LogP contribution >= 0.6 is 0 Å². The maximum Gasteiger partial charge on any atom is 0.416 e. The highest BCUT2D eigenvalue weighted by Crippen LogP contribution is 2.35. The molecule has 3 rings (SSSR count). The number of rotatable bonds is 4. The Morgan fingerprint density at radius 2 is 1.52 bits per heavy atom. The average molecular weight is 377 g/mol. The maximum absolute atomic E-state index is 13.1. The van der Waals surface area contributed by atoms with Crippen LogP contribution in [0.15, 0.2) is 48.5 Å². The van der Waals surface area contributed by atoms with Crippen LogP contribution < -0.4 is 0 Å². The van der Waals surface area contributed by atoms with Crippen LogP contribution in [0.4, 0.5) is 13.2 Å². The molecule has 0 unspecified atom stereocenters. The lowest BCUT2D eigenvalue weighted by Gasteiger charge is -2.20. The summed E-state index contributed by atoms with van der Waals surface area (Å²) in [7, 11) is 0. The highest BCUT2D eigenvalue weighted by molar-refractivity contribution is 6.22. The first kappa shape index (κ1) is 18.6. The number of halogens is 3. The molecule has 0 saturated heterocycles. The predicted molar refractivity (Wildman–Crippen MR) is 87.8 cm³/mol. The first-order valence-electron chi connectivity index (χ1n) is 8.01. The van der Waals surface area contributed by atoms with Gasteiger partial charge in [-0.15, -0.1) is 0 Å². The first-order chi connectivity index (χ1) is 12.7. The van der Waals surface area contributed by atoms with Crippen LogP contribution in [0.25, 0.3) is 0 Å². The first-order valence-corrected chi connectivity index (χ1v) is 8.01. The summed E-state index contributed by atoms with van der Waals surface area (Å²) in [6, 6.07) is 10.8. The second-order valence-corrected chi connectivity index (χ2v) is 5.96. The third kappa shape index (κ3) is 3.55. The molecule has 27 heavy (non-hydrogen) atoms. The smallest absolute Gasteiger partial charge is 0.416 e. The van der Waals surface area contributed by atoms with Gasteiger partial charge in [0.1, 0.15) is 12.6 Å². The van der Waals surface area contributed by atoms with Crippen molar-refractivity contribution >= 4 is 17.8 Å². The van der Waals surface area contributed by atoms with Gasteiger partial charge in [-0.2, -0.15) is 13.2 Å². The minimum absolute atomic E-state index is 0.172. The second-order valence-electron chi connectivity index (χ2n) is 5.96. The number of benzene rings is 2. The Bertz CT molecular complexity index is 888. The quantitative estimate of drug-likeness (QED) is 0.603. The molecule has 0 spiro atoms. The molecule has 2 aromatic rings. The molecule has 8 heteroatoms. The van der Waals surface area contributed by atoms with Crippen LogP contribution in [0.1, 0.15) is 44.9 Å². The lowest BCUT2D eigenvalue weighted by molar-refractivity contribution is -0.151. The van der Waals surface area contributed by atoms with E-state index in [9.17, 15) is 27.6 Å². The summed E-state index contributed by atoms with van der Waals surface area (Å²) < 4.78 is 44.3. The van der Waals surface area contributed by atoms with Crippen molar-refractivity contribution in [2.75, 3.05) is 6.54 Å². The van der Waals surface area contributed by atoms with E-state index in [0.717, 1.165) is 11.0 Å². The number of imide groups is 1. The van der Waals surface area contributed by atoms with Gasteiger partial charge < -0.3 is 4.74 Å². The normalized spacial score (nSPS) is 14.9. The molecule has 0 bridgehead atoms. The number of fused-ring (bicyclic) bond motifs is 1. The van der Waals surface area contributed by atoms with Crippen LogP contribution in [0.3, 0.4) is 0 Å². The fourth-order valence-corrected chi connectivity index (χ4v) is 2.92. The molecule has 1 aliphatic rings. The van der Waals surface area contributed by atoms with Gasteiger partial charge >= 0.3 is 12.1 Å². The number of carbonyl (C=O) groups excluding carboxylic acids is 3. The van der Waals surface area contributed by atoms with Crippen molar-refractivity contribution in [2.45, 2.75) is 19.2 Å². The number of nitrogens with zero attached hydrogens (tertiary/aromatic N) is 1. The third-order valence-corrected chi connectivity index (χ3v) is 4.18. The number of hydrogen-bond acceptors (Lipinski definition) is 4. The van der Waals surface area contributed by atoms with E-state index in [1.54, 1.807) is 12.1 Å². The summed E-state index contributed by atoms with van der Waals surface area (Å²) in [6.07, 6.45) is -5.80. The molecule has 0 aromatic heterocycles. The summed E-state index contributed by atoms with van der Waals surface area (Å²) >= 11 is 0. The highest BCUT2D eigenvalue weighted by atomic mass is 19.4. The van der Waals surface area contributed by atoms with Crippen molar-refractivity contribution < 1.29 is 32.3 Å². The van der Waals surface area contributed by atoms with Crippen molar-refractivity contribution in [3.8, 4) is 0 Å². The predicted octanol–water partition coefficient (Wildman–Crippen LogP) is 3.61. The lowest BCUT2D eigenvalue weighted by Crippen LogP contribution is -2.36. The Morgan fingerprint density at radius 1 is 1.00 bits per heavy atom. The summed E-state index contributed by atoms with van der Waals surface area (Å²) in [4.78, 5) is 37.3. The molecule has 0 saturated carbocycles. The molecule has 0 N–H and O–H groups in total. The van der Waals surface area contributed by atoms with E-state index >= 15 is 0 Å². The molecule has 140 valence electrons. The van der Waals surface area contributed by atoms with Crippen LogP contribution in [-0.4, -0.2) is 29.2 Å². The molecule has 0 radical (unpaired) electrons. The summed E-state index contributed by atoms with van der Waals surface area (Å²) in [5.74, 6) is -2.26. The monoisotopic (exact) mass is 377 g/mol. The zero-order chi connectivity index (χ0) is 19.8. The molecule has 0 fully saturated rings. The third-order valence-electron chi connectivity index (χ3n) is 4.18. The Kier molecular flexibility index (Phi) is 4.73. The maximum atomic E-state index is 13.1. The number of ether oxygens (including phenoxy) is 1. The standard InChI is InChI=1S/C19H14F3NO4/c1-11(12-6-4-5-9-15(12)19(20,21)22)27-16(24)10-23-17(25)13-7-2-3-8-14(13)18(23)26/h2-9,11H,10H2,1H3/t11-/m1/s1. The van der Waals surface area contributed by atoms with Crippen molar-refractivity contribution in [2.24, 2.45) is 0 Å². The van der Waals surface area contributed by atoms with Crippen molar-refractivity contribution in [1.29, 1.82) is 0 Å². The molecule has 2 aromatic carbocycles.